The molecule has 1 aromatic heterocycles. The maximum atomic E-state index is 13.0. The van der Waals surface area contributed by atoms with Gasteiger partial charge in [-0.3, -0.25) is 4.79 Å². The minimum absolute atomic E-state index is 0.208. The van der Waals surface area contributed by atoms with Gasteiger partial charge < -0.3 is 14.1 Å². The summed E-state index contributed by atoms with van der Waals surface area (Å²) in [5, 5.41) is 0. The van der Waals surface area contributed by atoms with Gasteiger partial charge in [-0.05, 0) is 55.0 Å². The summed E-state index contributed by atoms with van der Waals surface area (Å²) >= 11 is 0. The molecule has 172 valence electrons. The van der Waals surface area contributed by atoms with Crippen molar-refractivity contribution in [3.05, 3.63) is 89.9 Å². The van der Waals surface area contributed by atoms with Crippen LogP contribution in [0.25, 0.3) is 6.08 Å². The molecule has 1 amide bonds. The van der Waals surface area contributed by atoms with E-state index in [1.54, 1.807) is 47.6 Å². The molecule has 33 heavy (non-hydrogen) atoms. The number of nitrogens with zero attached hydrogens (tertiary/aromatic N) is 2. The highest BCUT2D eigenvalue weighted by atomic mass is 32.2. The lowest BCUT2D eigenvalue weighted by molar-refractivity contribution is -0.114. The van der Waals surface area contributed by atoms with Gasteiger partial charge in [0, 0.05) is 24.9 Å². The van der Waals surface area contributed by atoms with Crippen LogP contribution in [0.4, 0.5) is 5.69 Å². The zero-order valence-corrected chi connectivity index (χ0v) is 19.2. The van der Waals surface area contributed by atoms with Gasteiger partial charge in [-0.1, -0.05) is 29.8 Å². The number of benzene rings is 2. The lowest BCUT2D eigenvalue weighted by atomic mass is 10.2. The first-order chi connectivity index (χ1) is 15.9. The summed E-state index contributed by atoms with van der Waals surface area (Å²) in [6.07, 6.45) is 4.74. The molecular weight excluding hydrogens is 440 g/mol. The molecule has 0 radical (unpaired) electrons. The maximum Gasteiger partial charge on any atom is 0.251 e. The predicted molar refractivity (Wildman–Crippen MR) is 126 cm³/mol. The molecule has 1 fully saturated rings. The first kappa shape index (κ1) is 23.0. The van der Waals surface area contributed by atoms with Gasteiger partial charge in [0.15, 0.2) is 0 Å². The fourth-order valence-corrected chi connectivity index (χ4v) is 4.93. The predicted octanol–water partition coefficient (Wildman–Crippen LogP) is 3.86. The number of carbonyl (C=O) groups is 1. The van der Waals surface area contributed by atoms with Crippen LogP contribution in [0.2, 0.25) is 0 Å². The number of amides is 1. The van der Waals surface area contributed by atoms with Crippen molar-refractivity contribution in [2.75, 3.05) is 31.2 Å². The highest BCUT2D eigenvalue weighted by molar-refractivity contribution is 7.89. The maximum absolute atomic E-state index is 13.0. The molecule has 0 N–H and O–H groups in total. The van der Waals surface area contributed by atoms with Crippen molar-refractivity contribution in [1.29, 1.82) is 0 Å². The van der Waals surface area contributed by atoms with Crippen LogP contribution in [0.1, 0.15) is 16.9 Å². The van der Waals surface area contributed by atoms with Crippen molar-refractivity contribution >= 4 is 27.7 Å². The second-order valence-electron chi connectivity index (χ2n) is 7.76. The third kappa shape index (κ3) is 5.60. The highest BCUT2D eigenvalue weighted by Gasteiger charge is 2.26. The van der Waals surface area contributed by atoms with Crippen LogP contribution in [-0.2, 0) is 26.1 Å². The molecule has 0 saturated carbocycles. The first-order valence-corrected chi connectivity index (χ1v) is 12.1. The zero-order valence-electron chi connectivity index (χ0n) is 18.4. The molecule has 0 spiro atoms. The largest absolute Gasteiger partial charge is 0.467 e. The van der Waals surface area contributed by atoms with Crippen molar-refractivity contribution in [2.45, 2.75) is 18.4 Å². The van der Waals surface area contributed by atoms with Crippen LogP contribution < -0.4 is 4.90 Å². The molecular formula is C25H26N2O5S. The van der Waals surface area contributed by atoms with E-state index >= 15 is 0 Å². The Morgan fingerprint density at radius 3 is 2.36 bits per heavy atom. The molecule has 0 unspecified atom stereocenters. The van der Waals surface area contributed by atoms with Gasteiger partial charge in [-0.2, -0.15) is 4.31 Å². The van der Waals surface area contributed by atoms with E-state index in [1.807, 2.05) is 37.3 Å². The van der Waals surface area contributed by atoms with E-state index in [1.165, 1.54) is 10.4 Å². The second kappa shape index (κ2) is 10.2. The number of sulfonamides is 1. The highest BCUT2D eigenvalue weighted by Crippen LogP contribution is 2.21. The minimum atomic E-state index is -3.55. The Bertz CT molecular complexity index is 1190. The van der Waals surface area contributed by atoms with E-state index in [0.717, 1.165) is 16.8 Å². The van der Waals surface area contributed by atoms with E-state index in [0.29, 0.717) is 38.6 Å². The second-order valence-corrected chi connectivity index (χ2v) is 9.70. The number of ether oxygens (including phenoxy) is 1. The molecule has 1 saturated heterocycles. The van der Waals surface area contributed by atoms with E-state index in [2.05, 4.69) is 0 Å². The molecule has 8 heteroatoms. The summed E-state index contributed by atoms with van der Waals surface area (Å²) in [6, 6.07) is 17.8. The molecule has 0 bridgehead atoms. The topological polar surface area (TPSA) is 80.1 Å². The van der Waals surface area contributed by atoms with Crippen LogP contribution in [0, 0.1) is 6.92 Å². The lowest BCUT2D eigenvalue weighted by Crippen LogP contribution is -2.40. The molecule has 1 aliphatic heterocycles. The molecule has 2 aromatic carbocycles. The van der Waals surface area contributed by atoms with Crippen molar-refractivity contribution in [3.63, 3.8) is 0 Å². The van der Waals surface area contributed by atoms with E-state index in [-0.39, 0.29) is 10.8 Å². The zero-order chi connectivity index (χ0) is 23.3. The van der Waals surface area contributed by atoms with Gasteiger partial charge in [0.05, 0.1) is 30.9 Å². The Morgan fingerprint density at radius 1 is 1.03 bits per heavy atom. The summed E-state index contributed by atoms with van der Waals surface area (Å²) in [5.41, 5.74) is 2.59. The van der Waals surface area contributed by atoms with Crippen LogP contribution in [0.3, 0.4) is 0 Å². The minimum Gasteiger partial charge on any atom is -0.467 e. The van der Waals surface area contributed by atoms with Crippen molar-refractivity contribution in [3.8, 4) is 0 Å². The number of furan rings is 1. The first-order valence-electron chi connectivity index (χ1n) is 10.7. The summed E-state index contributed by atoms with van der Waals surface area (Å²) < 4.78 is 37.6. The molecule has 1 aliphatic rings. The van der Waals surface area contributed by atoms with Crippen LogP contribution in [0.5, 0.6) is 0 Å². The molecule has 0 atom stereocenters. The molecule has 7 nitrogen and oxygen atoms in total. The third-order valence-corrected chi connectivity index (χ3v) is 7.32. The molecule has 3 aromatic rings. The number of morpholine rings is 1. The smallest absolute Gasteiger partial charge is 0.251 e. The van der Waals surface area contributed by atoms with Crippen LogP contribution in [0.15, 0.2) is 82.3 Å². The van der Waals surface area contributed by atoms with Gasteiger partial charge in [-0.15, -0.1) is 0 Å². The number of aryl methyl sites for hydroxylation is 1. The number of anilines is 1. The molecule has 0 aliphatic carbocycles. The SMILES string of the molecule is Cc1ccc(N(Cc2ccco2)C(=O)/C=C/c2ccc(S(=O)(=O)N3CCOCC3)cc2)cc1. The van der Waals surface area contributed by atoms with Crippen LogP contribution >= 0.6 is 0 Å². The summed E-state index contributed by atoms with van der Waals surface area (Å²) in [7, 11) is -3.55. The number of hydrogen-bond acceptors (Lipinski definition) is 5. The number of carbonyl (C=O) groups excluding carboxylic acids is 1. The number of rotatable bonds is 7. The summed E-state index contributed by atoms with van der Waals surface area (Å²) in [6.45, 7) is 3.79. The molecule has 4 rings (SSSR count). The Hall–Kier alpha value is -3.20. The van der Waals surface area contributed by atoms with Gasteiger partial charge in [0.1, 0.15) is 5.76 Å². The van der Waals surface area contributed by atoms with Gasteiger partial charge in [0.2, 0.25) is 10.0 Å². The van der Waals surface area contributed by atoms with Gasteiger partial charge >= 0.3 is 0 Å². The Balaban J connectivity index is 1.50. The average Bonchev–Trinajstić information content (AvgIpc) is 3.36. The van der Waals surface area contributed by atoms with Gasteiger partial charge in [-0.25, -0.2) is 8.42 Å². The Kier molecular flexibility index (Phi) is 7.08. The van der Waals surface area contributed by atoms with E-state index in [9.17, 15) is 13.2 Å². The quantitative estimate of drug-likeness (QED) is 0.494. The fourth-order valence-electron chi connectivity index (χ4n) is 3.52. The van der Waals surface area contributed by atoms with E-state index < -0.39 is 10.0 Å². The average molecular weight is 467 g/mol. The fraction of sp³-hybridized carbons (Fsp3) is 0.240. The Morgan fingerprint density at radius 2 is 1.73 bits per heavy atom. The summed E-state index contributed by atoms with van der Waals surface area (Å²) in [4.78, 5) is 14.9. The van der Waals surface area contributed by atoms with Crippen molar-refractivity contribution in [1.82, 2.24) is 4.31 Å². The normalized spacial score (nSPS) is 15.1. The number of hydrogen-bond donors (Lipinski definition) is 0. The van der Waals surface area contributed by atoms with Crippen molar-refractivity contribution in [2.24, 2.45) is 0 Å². The molecule has 2 heterocycles. The van der Waals surface area contributed by atoms with E-state index in [4.69, 9.17) is 9.15 Å². The summed E-state index contributed by atoms with van der Waals surface area (Å²) in [5.74, 6) is 0.468. The Labute approximate surface area is 193 Å². The monoisotopic (exact) mass is 466 g/mol. The van der Waals surface area contributed by atoms with Gasteiger partial charge in [0.25, 0.3) is 5.91 Å². The third-order valence-electron chi connectivity index (χ3n) is 5.41. The van der Waals surface area contributed by atoms with Crippen LogP contribution in [-0.4, -0.2) is 44.9 Å². The van der Waals surface area contributed by atoms with Crippen molar-refractivity contribution < 1.29 is 22.4 Å². The standard InChI is InChI=1S/C25H26N2O5S/c1-20-4-9-22(10-5-20)27(19-23-3-2-16-32-23)25(28)13-8-21-6-11-24(12-7-21)33(29,30)26-14-17-31-18-15-26/h2-13,16H,14-15,17-19H2,1H3/b13-8+. The lowest BCUT2D eigenvalue weighted by Gasteiger charge is -2.26.